The maximum Gasteiger partial charge on any atom is 0.488 e. The number of benzene rings is 6. The Balaban J connectivity index is 1.28. The normalized spacial score (nSPS) is 11.7. The third-order valence-corrected chi connectivity index (χ3v) is 10.0. The first kappa shape index (κ1) is 34.6. The predicted molar refractivity (Wildman–Crippen MR) is 214 cm³/mol. The van der Waals surface area contributed by atoms with Crippen molar-refractivity contribution < 1.29 is 20.1 Å². The first-order chi connectivity index (χ1) is 25.9. The van der Waals surface area contributed by atoms with Crippen LogP contribution in [0.1, 0.15) is 22.3 Å². The lowest BCUT2D eigenvalue weighted by atomic mass is 9.77. The summed E-state index contributed by atoms with van der Waals surface area (Å²) in [5.41, 5.74) is 8.39. The second-order valence-corrected chi connectivity index (χ2v) is 13.5. The highest BCUT2D eigenvalue weighted by molar-refractivity contribution is 6.59. The Hall–Kier alpha value is -5.45. The summed E-state index contributed by atoms with van der Waals surface area (Å²) in [6.07, 6.45) is 0. The van der Waals surface area contributed by atoms with Gasteiger partial charge in [0.05, 0.1) is 28.7 Å². The standard InChI is InChI=1S/C43H38B2N4O4/c50-44(51)38-19-7-1-13-30(38)25-48(27-36-32-15-3-9-21-40(32)46-41-22-10-4-16-33(36)41)29-49(26-31-14-2-8-20-39(31)45(52)53)28-37-34-17-5-11-23-42(34)47-43-24-12-6-18-35(37)43/h1-24,50-53H,25-29H2. The third-order valence-electron chi connectivity index (χ3n) is 10.0. The number of hydrogen-bond acceptors (Lipinski definition) is 8. The molecule has 0 saturated carbocycles. The molecule has 0 amide bonds. The molecule has 0 spiro atoms. The van der Waals surface area contributed by atoms with E-state index >= 15 is 0 Å². The lowest BCUT2D eigenvalue weighted by molar-refractivity contribution is 0.108. The Labute approximate surface area is 308 Å². The molecule has 10 heteroatoms. The van der Waals surface area contributed by atoms with Crippen LogP contribution < -0.4 is 10.9 Å². The van der Waals surface area contributed by atoms with E-state index in [-0.39, 0.29) is 0 Å². The van der Waals surface area contributed by atoms with Crippen LogP contribution in [0.4, 0.5) is 0 Å². The van der Waals surface area contributed by atoms with Gasteiger partial charge in [0.1, 0.15) is 0 Å². The molecule has 0 atom stereocenters. The molecule has 260 valence electrons. The van der Waals surface area contributed by atoms with Crippen LogP contribution in [0.15, 0.2) is 146 Å². The van der Waals surface area contributed by atoms with Gasteiger partial charge in [0, 0.05) is 47.7 Å². The van der Waals surface area contributed by atoms with E-state index in [2.05, 4.69) is 34.1 Å². The molecule has 0 bridgehead atoms. The third kappa shape index (κ3) is 7.29. The molecule has 0 aliphatic rings. The minimum atomic E-state index is -1.63. The van der Waals surface area contributed by atoms with Crippen molar-refractivity contribution in [1.82, 2.24) is 19.8 Å². The van der Waals surface area contributed by atoms with Crippen molar-refractivity contribution in [3.63, 3.8) is 0 Å². The van der Waals surface area contributed by atoms with Gasteiger partial charge >= 0.3 is 14.2 Å². The number of aromatic nitrogens is 2. The number of fused-ring (bicyclic) bond motifs is 4. The molecule has 0 saturated heterocycles. The number of nitrogens with zero attached hydrogens (tertiary/aromatic N) is 4. The van der Waals surface area contributed by atoms with Gasteiger partial charge in [-0.15, -0.1) is 0 Å². The van der Waals surface area contributed by atoms with Crippen molar-refractivity contribution in [3.8, 4) is 0 Å². The van der Waals surface area contributed by atoms with Crippen LogP contribution >= 0.6 is 0 Å². The van der Waals surface area contributed by atoms with E-state index in [1.807, 2.05) is 109 Å². The monoisotopic (exact) mass is 696 g/mol. The second-order valence-electron chi connectivity index (χ2n) is 13.5. The number of rotatable bonds is 12. The molecule has 53 heavy (non-hydrogen) atoms. The number of pyridine rings is 2. The van der Waals surface area contributed by atoms with Crippen LogP contribution in [0.5, 0.6) is 0 Å². The van der Waals surface area contributed by atoms with Crippen LogP contribution in [0.3, 0.4) is 0 Å². The van der Waals surface area contributed by atoms with Gasteiger partial charge in [-0.3, -0.25) is 9.80 Å². The van der Waals surface area contributed by atoms with E-state index in [1.165, 1.54) is 0 Å². The summed E-state index contributed by atoms with van der Waals surface area (Å²) in [5, 5.41) is 45.9. The lowest BCUT2D eigenvalue weighted by Gasteiger charge is -2.33. The van der Waals surface area contributed by atoms with Gasteiger partial charge < -0.3 is 20.1 Å². The van der Waals surface area contributed by atoms with E-state index in [9.17, 15) is 20.1 Å². The second kappa shape index (κ2) is 15.3. The SMILES string of the molecule is OB(O)c1ccccc1CN(Cc1c2ccccc2nc2ccccc12)CN(Cc1ccccc1B(O)O)Cc1c2ccccc2nc2ccccc12. The van der Waals surface area contributed by atoms with Gasteiger partial charge in [-0.05, 0) is 57.4 Å². The number of para-hydroxylation sites is 4. The van der Waals surface area contributed by atoms with Crippen LogP contribution in [0.25, 0.3) is 43.6 Å². The molecule has 0 radical (unpaired) electrons. The predicted octanol–water partition coefficient (Wildman–Crippen LogP) is 5.11. The van der Waals surface area contributed by atoms with Gasteiger partial charge in [0.15, 0.2) is 0 Å². The highest BCUT2D eigenvalue weighted by Crippen LogP contribution is 2.30. The Morgan fingerprint density at radius 1 is 0.377 bits per heavy atom. The summed E-state index contributed by atoms with van der Waals surface area (Å²) in [5.74, 6) is 0. The molecule has 0 aliphatic heterocycles. The zero-order valence-electron chi connectivity index (χ0n) is 29.1. The van der Waals surface area contributed by atoms with Gasteiger partial charge in [-0.2, -0.15) is 0 Å². The molecule has 2 heterocycles. The first-order valence-electron chi connectivity index (χ1n) is 17.8. The Bertz CT molecular complexity index is 2280. The summed E-state index contributed by atoms with van der Waals surface area (Å²) in [4.78, 5) is 14.6. The van der Waals surface area contributed by atoms with Crippen molar-refractivity contribution in [2.24, 2.45) is 0 Å². The van der Waals surface area contributed by atoms with Crippen LogP contribution in [-0.4, -0.2) is 60.8 Å². The van der Waals surface area contributed by atoms with Gasteiger partial charge in [-0.25, -0.2) is 9.97 Å². The van der Waals surface area contributed by atoms with Crippen molar-refractivity contribution in [3.05, 3.63) is 168 Å². The van der Waals surface area contributed by atoms with Crippen molar-refractivity contribution in [2.75, 3.05) is 6.67 Å². The molecule has 0 unspecified atom stereocenters. The summed E-state index contributed by atoms with van der Waals surface area (Å²) in [6.45, 7) is 2.33. The summed E-state index contributed by atoms with van der Waals surface area (Å²) < 4.78 is 0. The van der Waals surface area contributed by atoms with Crippen molar-refractivity contribution in [2.45, 2.75) is 26.2 Å². The van der Waals surface area contributed by atoms with Crippen molar-refractivity contribution >= 4 is 68.8 Å². The zero-order valence-corrected chi connectivity index (χ0v) is 29.1. The Kier molecular flexibility index (Phi) is 9.97. The molecule has 0 aliphatic carbocycles. The highest BCUT2D eigenvalue weighted by Gasteiger charge is 2.24. The maximum atomic E-state index is 10.4. The average molecular weight is 696 g/mol. The van der Waals surface area contributed by atoms with Crippen LogP contribution in [0, 0.1) is 0 Å². The molecule has 6 aromatic carbocycles. The van der Waals surface area contributed by atoms with Crippen LogP contribution in [-0.2, 0) is 26.2 Å². The topological polar surface area (TPSA) is 113 Å². The van der Waals surface area contributed by atoms with Gasteiger partial charge in [0.2, 0.25) is 0 Å². The fourth-order valence-electron chi connectivity index (χ4n) is 7.58. The molecule has 0 fully saturated rings. The summed E-state index contributed by atoms with van der Waals surface area (Å²) in [7, 11) is -3.25. The zero-order chi connectivity index (χ0) is 36.3. The molecular weight excluding hydrogens is 658 g/mol. The molecule has 4 N–H and O–H groups in total. The van der Waals surface area contributed by atoms with Crippen LogP contribution in [0.2, 0.25) is 0 Å². The lowest BCUT2D eigenvalue weighted by Crippen LogP contribution is -2.41. The summed E-state index contributed by atoms with van der Waals surface area (Å²) in [6, 6.07) is 47.6. The largest absolute Gasteiger partial charge is 0.488 e. The fraction of sp³-hybridized carbons (Fsp3) is 0.116. The quantitative estimate of drug-likeness (QED) is 0.0793. The van der Waals surface area contributed by atoms with E-state index in [0.717, 1.165) is 65.9 Å². The van der Waals surface area contributed by atoms with E-state index < -0.39 is 14.2 Å². The number of hydrogen-bond donors (Lipinski definition) is 4. The Morgan fingerprint density at radius 2 is 0.679 bits per heavy atom. The van der Waals surface area contributed by atoms with E-state index in [4.69, 9.17) is 9.97 Å². The molecular formula is C43H38B2N4O4. The van der Waals surface area contributed by atoms with Gasteiger partial charge in [-0.1, -0.05) is 121 Å². The van der Waals surface area contributed by atoms with E-state index in [1.54, 1.807) is 12.1 Å². The molecule has 2 aromatic heterocycles. The van der Waals surface area contributed by atoms with Crippen molar-refractivity contribution in [1.29, 1.82) is 0 Å². The Morgan fingerprint density at radius 3 is 1.02 bits per heavy atom. The smallest absolute Gasteiger partial charge is 0.423 e. The minimum absolute atomic E-state index is 0.414. The average Bonchev–Trinajstić information content (AvgIpc) is 3.18. The fourth-order valence-corrected chi connectivity index (χ4v) is 7.58. The first-order valence-corrected chi connectivity index (χ1v) is 17.8. The molecule has 8 rings (SSSR count). The summed E-state index contributed by atoms with van der Waals surface area (Å²) >= 11 is 0. The minimum Gasteiger partial charge on any atom is -0.423 e. The molecule has 8 nitrogen and oxygen atoms in total. The highest BCUT2D eigenvalue weighted by atomic mass is 16.4. The molecule has 8 aromatic rings. The van der Waals surface area contributed by atoms with E-state index in [0.29, 0.717) is 43.8 Å². The maximum absolute atomic E-state index is 10.4. The van der Waals surface area contributed by atoms with Gasteiger partial charge in [0.25, 0.3) is 0 Å².